The van der Waals surface area contributed by atoms with Crippen LogP contribution in [0.1, 0.15) is 106 Å². The summed E-state index contributed by atoms with van der Waals surface area (Å²) in [6.45, 7) is 20.8. The zero-order valence-electron chi connectivity index (χ0n) is 33.4. The molecule has 10 nitrogen and oxygen atoms in total. The second-order valence-corrected chi connectivity index (χ2v) is 20.6. The molecule has 2 aliphatic rings. The highest BCUT2D eigenvalue weighted by Gasteiger charge is 2.39. The van der Waals surface area contributed by atoms with Gasteiger partial charge >= 0.3 is 0 Å². The number of rotatable bonds is 16. The van der Waals surface area contributed by atoms with Gasteiger partial charge in [0.1, 0.15) is 5.75 Å². The largest absolute Gasteiger partial charge is 0.493 e. The zero-order chi connectivity index (χ0) is 38.4. The van der Waals surface area contributed by atoms with E-state index < -0.39 is 8.32 Å². The molecule has 0 aliphatic carbocycles. The molecule has 4 rings (SSSR count). The highest BCUT2D eigenvalue weighted by Crippen LogP contribution is 2.38. The molecule has 2 heterocycles. The Morgan fingerprint density at radius 1 is 0.846 bits per heavy atom. The van der Waals surface area contributed by atoms with Gasteiger partial charge < -0.3 is 39.5 Å². The van der Waals surface area contributed by atoms with Gasteiger partial charge in [0.15, 0.2) is 19.8 Å². The molecule has 0 spiro atoms. The third kappa shape index (κ3) is 9.52. The molecule has 0 bridgehead atoms. The van der Waals surface area contributed by atoms with Gasteiger partial charge in [-0.2, -0.15) is 0 Å². The predicted molar refractivity (Wildman–Crippen MR) is 213 cm³/mol. The minimum absolute atomic E-state index is 0.0493. The van der Waals surface area contributed by atoms with E-state index in [1.54, 1.807) is 31.2 Å². The summed E-state index contributed by atoms with van der Waals surface area (Å²) in [5, 5.41) is 3.26. The van der Waals surface area contributed by atoms with Gasteiger partial charge in [0.05, 0.1) is 49.8 Å². The molecular formula is C41H62N4O6Si. The Morgan fingerprint density at radius 3 is 2.00 bits per heavy atom. The van der Waals surface area contributed by atoms with Crippen molar-refractivity contribution in [2.75, 3.05) is 45.0 Å². The highest BCUT2D eigenvalue weighted by atomic mass is 28.4. The molecule has 0 radical (unpaired) electrons. The topological polar surface area (TPSA) is 116 Å². The van der Waals surface area contributed by atoms with Crippen molar-refractivity contribution in [2.45, 2.75) is 117 Å². The fourth-order valence-corrected chi connectivity index (χ4v) is 7.51. The molecule has 0 unspecified atom stereocenters. The molecule has 2 amide bonds. The molecule has 286 valence electrons. The maximum atomic E-state index is 13.8. The number of nitrogens with one attached hydrogen (secondary N) is 1. The van der Waals surface area contributed by atoms with Gasteiger partial charge in [-0.1, -0.05) is 38.8 Å². The Hall–Kier alpha value is -3.96. The van der Waals surface area contributed by atoms with Gasteiger partial charge in [-0.15, -0.1) is 0 Å². The van der Waals surface area contributed by atoms with E-state index in [1.807, 2.05) is 36.4 Å². The molecule has 2 aromatic rings. The van der Waals surface area contributed by atoms with Crippen molar-refractivity contribution in [3.8, 4) is 17.2 Å². The maximum Gasteiger partial charge on any atom is 0.260 e. The Bertz CT molecular complexity index is 1660. The predicted octanol–water partition coefficient (Wildman–Crippen LogP) is 8.92. The van der Waals surface area contributed by atoms with Gasteiger partial charge in [0, 0.05) is 43.3 Å². The number of amides is 2. The van der Waals surface area contributed by atoms with Crippen molar-refractivity contribution >= 4 is 31.5 Å². The number of nitrogens with zero attached hydrogens (tertiary/aromatic N) is 2. The number of methoxy groups -OCH3 is 1. The van der Waals surface area contributed by atoms with Crippen LogP contribution in [0.2, 0.25) is 18.1 Å². The number of unbranched alkanes of at least 4 members (excludes halogenated alkanes) is 2. The molecule has 2 atom stereocenters. The molecule has 3 N–H and O–H groups in total. The molecule has 2 aliphatic heterocycles. The molecule has 2 aromatic carbocycles. The lowest BCUT2D eigenvalue weighted by Gasteiger charge is -2.38. The summed E-state index contributed by atoms with van der Waals surface area (Å²) in [5.74, 6) is 1.64. The van der Waals surface area contributed by atoms with Crippen LogP contribution in [0.5, 0.6) is 17.2 Å². The van der Waals surface area contributed by atoms with E-state index in [0.717, 1.165) is 49.7 Å². The lowest BCUT2D eigenvalue weighted by molar-refractivity contribution is 0.0737. The number of nitrogen functional groups attached to an aromatic ring is 1. The number of hydrogen-bond acceptors (Lipinski definition) is 8. The Morgan fingerprint density at radius 2 is 1.42 bits per heavy atom. The number of carbonyl (C=O) groups excluding carboxylic acids is 2. The summed E-state index contributed by atoms with van der Waals surface area (Å²) >= 11 is 0. The summed E-state index contributed by atoms with van der Waals surface area (Å²) in [5.41, 5.74) is 11.8. The number of nitrogens with two attached hydrogens (primary N) is 1. The first-order valence-electron chi connectivity index (χ1n) is 18.7. The van der Waals surface area contributed by atoms with Crippen LogP contribution in [0.25, 0.3) is 0 Å². The average molecular weight is 735 g/mol. The number of anilines is 2. The smallest absolute Gasteiger partial charge is 0.260 e. The van der Waals surface area contributed by atoms with E-state index >= 15 is 0 Å². The van der Waals surface area contributed by atoms with Gasteiger partial charge in [0.2, 0.25) is 0 Å². The third-order valence-corrected chi connectivity index (χ3v) is 15.2. The summed E-state index contributed by atoms with van der Waals surface area (Å²) in [6.07, 6.45) is 9.00. The lowest BCUT2D eigenvalue weighted by Crippen LogP contribution is -2.45. The molecule has 0 aromatic heterocycles. The van der Waals surface area contributed by atoms with Crippen LogP contribution in [0.4, 0.5) is 11.4 Å². The van der Waals surface area contributed by atoms with Crippen molar-refractivity contribution in [3.63, 3.8) is 0 Å². The number of ether oxygens (including phenoxy) is 3. The van der Waals surface area contributed by atoms with Crippen molar-refractivity contribution in [3.05, 3.63) is 64.5 Å². The lowest BCUT2D eigenvalue weighted by atomic mass is 10.1. The summed E-state index contributed by atoms with van der Waals surface area (Å²) in [6, 6.07) is 7.33. The normalized spacial score (nSPS) is 17.6. The SMILES string of the molecule is CC[C@@H]1CC(C)=CN1C(=O)c1cc(OC)c(OCCCCCOc2cc(N)c(C(=O)N3C=C(C)C[C@H]3CO[Si](C)(C)C(C)(C)C)cc2C)cc1NC. The monoisotopic (exact) mass is 734 g/mol. The average Bonchev–Trinajstić information content (AvgIpc) is 3.67. The summed E-state index contributed by atoms with van der Waals surface area (Å²) in [7, 11) is 1.44. The standard InChI is InChI=1S/C41H62N4O6Si/c1-12-30-18-27(2)24-44(30)40(47)33-21-37(48-9)38(23-35(33)43-8)50-17-15-13-14-16-49-36-22-34(42)32(20-29(36)4)39(46)45-25-28(3)19-31(45)26-51-52(10,11)41(5,6)7/h20-25,30-31,43H,12-19,26,42H2,1-11H3/t30-,31+/m1/s1. The van der Waals surface area contributed by atoms with Crippen LogP contribution in [0.3, 0.4) is 0 Å². The molecular weight excluding hydrogens is 673 g/mol. The van der Waals surface area contributed by atoms with Gasteiger partial charge in [0.25, 0.3) is 11.8 Å². The molecule has 11 heteroatoms. The van der Waals surface area contributed by atoms with Crippen molar-refractivity contribution < 1.29 is 28.2 Å². The number of benzene rings is 2. The molecule has 0 fully saturated rings. The molecule has 0 saturated carbocycles. The fourth-order valence-electron chi connectivity index (χ4n) is 6.47. The minimum atomic E-state index is -1.96. The van der Waals surface area contributed by atoms with Crippen molar-refractivity contribution in [1.82, 2.24) is 9.80 Å². The first kappa shape index (κ1) is 40.8. The third-order valence-electron chi connectivity index (χ3n) is 10.7. The van der Waals surface area contributed by atoms with Crippen LogP contribution < -0.4 is 25.3 Å². The number of carbonyl (C=O) groups is 2. The van der Waals surface area contributed by atoms with E-state index in [-0.39, 0.29) is 28.9 Å². The van der Waals surface area contributed by atoms with Gasteiger partial charge in [-0.3, -0.25) is 9.59 Å². The van der Waals surface area contributed by atoms with Gasteiger partial charge in [-0.25, -0.2) is 0 Å². The second-order valence-electron chi connectivity index (χ2n) is 15.8. The van der Waals surface area contributed by atoms with Crippen LogP contribution >= 0.6 is 0 Å². The number of hydrogen-bond donors (Lipinski definition) is 2. The summed E-state index contributed by atoms with van der Waals surface area (Å²) < 4.78 is 24.4. The molecule has 52 heavy (non-hydrogen) atoms. The first-order chi connectivity index (χ1) is 24.5. The zero-order valence-corrected chi connectivity index (χ0v) is 34.4. The van der Waals surface area contributed by atoms with Crippen LogP contribution in [-0.2, 0) is 4.43 Å². The minimum Gasteiger partial charge on any atom is -0.493 e. The quantitative estimate of drug-likeness (QED) is 0.0999. The van der Waals surface area contributed by atoms with Crippen LogP contribution in [0, 0.1) is 6.92 Å². The molecule has 0 saturated heterocycles. The fraction of sp³-hybridized carbons (Fsp3) is 0.561. The van der Waals surface area contributed by atoms with E-state index in [1.165, 1.54) is 5.57 Å². The summed E-state index contributed by atoms with van der Waals surface area (Å²) in [4.78, 5) is 30.9. The Kier molecular flexibility index (Phi) is 13.5. The maximum absolute atomic E-state index is 13.8. The van der Waals surface area contributed by atoms with E-state index in [2.05, 4.69) is 60.0 Å². The van der Waals surface area contributed by atoms with Gasteiger partial charge in [-0.05, 0) is 95.1 Å². The Balaban J connectivity index is 1.28. The van der Waals surface area contributed by atoms with E-state index in [4.69, 9.17) is 24.4 Å². The van der Waals surface area contributed by atoms with Crippen molar-refractivity contribution in [2.24, 2.45) is 0 Å². The number of aryl methyl sites for hydroxylation is 1. The van der Waals surface area contributed by atoms with E-state index in [0.29, 0.717) is 59.6 Å². The van der Waals surface area contributed by atoms with Crippen LogP contribution in [-0.4, -0.2) is 76.0 Å². The van der Waals surface area contributed by atoms with E-state index in [9.17, 15) is 9.59 Å². The Labute approximate surface area is 312 Å². The highest BCUT2D eigenvalue weighted by molar-refractivity contribution is 6.74. The first-order valence-corrected chi connectivity index (χ1v) is 21.6. The second kappa shape index (κ2) is 17.2. The van der Waals surface area contributed by atoms with Crippen LogP contribution in [0.15, 0.2) is 47.8 Å². The van der Waals surface area contributed by atoms with Crippen molar-refractivity contribution in [1.29, 1.82) is 0 Å².